The van der Waals surface area contributed by atoms with E-state index in [-0.39, 0.29) is 15.9 Å². The molecule has 17 heavy (non-hydrogen) atoms. The molecule has 0 radical (unpaired) electrons. The van der Waals surface area contributed by atoms with E-state index in [2.05, 4.69) is 18.5 Å². The standard InChI is InChI=1S/2C6H7P.2ClH.Pd/c2*7-6-4-2-1-3-5-6;;;/h2*1-5H,7H2;2*1H;/q;;;;+2/p-2. The van der Waals surface area contributed by atoms with Gasteiger partial charge in [-0.05, 0) is 10.6 Å². The van der Waals surface area contributed by atoms with Gasteiger partial charge in [-0.25, -0.2) is 0 Å². The zero-order valence-electron chi connectivity index (χ0n) is 9.00. The fourth-order valence-electron chi connectivity index (χ4n) is 0.906. The van der Waals surface area contributed by atoms with E-state index in [1.165, 1.54) is 10.6 Å². The molecule has 0 aliphatic carbocycles. The van der Waals surface area contributed by atoms with Crippen molar-refractivity contribution in [1.82, 2.24) is 0 Å². The van der Waals surface area contributed by atoms with E-state index in [0.29, 0.717) is 0 Å². The van der Waals surface area contributed by atoms with Gasteiger partial charge >= 0.3 is 35.0 Å². The summed E-state index contributed by atoms with van der Waals surface area (Å²) in [7, 11) is 14.9. The van der Waals surface area contributed by atoms with E-state index < -0.39 is 0 Å². The molecule has 0 aromatic heterocycles. The van der Waals surface area contributed by atoms with E-state index in [1.807, 2.05) is 60.7 Å². The Morgan fingerprint density at radius 3 is 1.00 bits per heavy atom. The Kier molecular flexibility index (Phi) is 13.4. The summed E-state index contributed by atoms with van der Waals surface area (Å²) in [4.78, 5) is 0. The molecule has 0 spiro atoms. The van der Waals surface area contributed by atoms with Crippen molar-refractivity contribution >= 4 is 48.1 Å². The molecule has 0 aliphatic heterocycles. The predicted molar refractivity (Wildman–Crippen MR) is 83.3 cm³/mol. The molecule has 0 aliphatic rings. The number of benzene rings is 2. The van der Waals surface area contributed by atoms with E-state index in [9.17, 15) is 0 Å². The van der Waals surface area contributed by atoms with E-state index >= 15 is 0 Å². The summed E-state index contributed by atoms with van der Waals surface area (Å²) in [5, 5.41) is 2.48. The molecule has 5 heteroatoms. The van der Waals surface area contributed by atoms with Crippen molar-refractivity contribution in [1.29, 1.82) is 0 Å². The summed E-state index contributed by atoms with van der Waals surface area (Å²) in [6.07, 6.45) is 0. The van der Waals surface area contributed by atoms with Crippen molar-refractivity contribution in [2.24, 2.45) is 0 Å². The Labute approximate surface area is 124 Å². The van der Waals surface area contributed by atoms with Crippen LogP contribution in [-0.2, 0) is 15.9 Å². The van der Waals surface area contributed by atoms with Gasteiger partial charge in [0, 0.05) is 0 Å². The average molecular weight is 398 g/mol. The number of hydrogen-bond acceptors (Lipinski definition) is 0. The first-order valence-corrected chi connectivity index (χ1v) is 9.80. The van der Waals surface area contributed by atoms with Crippen LogP contribution in [0.2, 0.25) is 0 Å². The molecule has 2 aromatic rings. The van der Waals surface area contributed by atoms with Crippen LogP contribution in [0.3, 0.4) is 0 Å². The van der Waals surface area contributed by atoms with Gasteiger partial charge in [-0.1, -0.05) is 60.7 Å². The first-order chi connectivity index (χ1) is 8.20. The summed E-state index contributed by atoms with van der Waals surface area (Å²) in [6.45, 7) is 0. The number of halogens is 2. The average Bonchev–Trinajstić information content (AvgIpc) is 2.33. The topological polar surface area (TPSA) is 0 Å². The molecule has 0 N–H and O–H groups in total. The summed E-state index contributed by atoms with van der Waals surface area (Å²) in [5.41, 5.74) is 0. The summed E-state index contributed by atoms with van der Waals surface area (Å²) < 4.78 is 0. The third kappa shape index (κ3) is 12.8. The molecule has 0 amide bonds. The second kappa shape index (κ2) is 13.0. The van der Waals surface area contributed by atoms with Crippen LogP contribution in [0, 0.1) is 0 Å². The van der Waals surface area contributed by atoms with Crippen molar-refractivity contribution in [2.75, 3.05) is 0 Å². The Balaban J connectivity index is 0.000000247. The maximum absolute atomic E-state index is 4.81. The molecule has 2 rings (SSSR count). The molecule has 2 atom stereocenters. The van der Waals surface area contributed by atoms with Gasteiger partial charge in [0.25, 0.3) is 0 Å². The Bertz CT molecular complexity index is 333. The van der Waals surface area contributed by atoms with Crippen molar-refractivity contribution in [3.63, 3.8) is 0 Å². The third-order valence-electron chi connectivity index (χ3n) is 1.60. The molecule has 0 saturated heterocycles. The molecule has 0 saturated carbocycles. The van der Waals surface area contributed by atoms with Gasteiger partial charge in [0.15, 0.2) is 0 Å². The normalized spacial score (nSPS) is 8.47. The van der Waals surface area contributed by atoms with Crippen LogP contribution in [0.5, 0.6) is 0 Å². The van der Waals surface area contributed by atoms with E-state index in [1.54, 1.807) is 0 Å². The summed E-state index contributed by atoms with van der Waals surface area (Å²) >= 11 is -0.106. The van der Waals surface area contributed by atoms with Gasteiger partial charge in [-0.15, -0.1) is 18.5 Å². The monoisotopic (exact) mass is 396 g/mol. The first-order valence-electron chi connectivity index (χ1n) is 4.64. The molecular formula is C12H14Cl2P2Pd. The fraction of sp³-hybridized carbons (Fsp3) is 0. The molecule has 0 nitrogen and oxygen atoms in total. The van der Waals surface area contributed by atoms with Crippen LogP contribution in [-0.4, -0.2) is 0 Å². The minimum atomic E-state index is -0.106. The van der Waals surface area contributed by atoms with Gasteiger partial charge in [0.2, 0.25) is 0 Å². The third-order valence-corrected chi connectivity index (χ3v) is 2.37. The van der Waals surface area contributed by atoms with Crippen molar-refractivity contribution in [3.05, 3.63) is 60.7 Å². The molecular weight excluding hydrogens is 383 g/mol. The van der Waals surface area contributed by atoms with Crippen LogP contribution in [0.4, 0.5) is 0 Å². The SMILES string of the molecule is Pc1ccccc1.Pc1ccccc1.[Cl][Pd][Cl]. The zero-order chi connectivity index (χ0) is 12.9. The predicted octanol–water partition coefficient (Wildman–Crippen LogP) is 3.75. The fourth-order valence-corrected chi connectivity index (χ4v) is 1.35. The second-order valence-corrected chi connectivity index (χ2v) is 6.56. The van der Waals surface area contributed by atoms with Gasteiger partial charge < -0.3 is 0 Å². The van der Waals surface area contributed by atoms with Crippen LogP contribution in [0.25, 0.3) is 0 Å². The molecule has 0 heterocycles. The van der Waals surface area contributed by atoms with E-state index in [0.717, 1.165) is 0 Å². The van der Waals surface area contributed by atoms with Gasteiger partial charge in [0.1, 0.15) is 0 Å². The summed E-state index contributed by atoms with van der Waals surface area (Å²) in [6, 6.07) is 20.3. The first kappa shape index (κ1) is 17.5. The van der Waals surface area contributed by atoms with Crippen molar-refractivity contribution < 1.29 is 15.9 Å². The van der Waals surface area contributed by atoms with E-state index in [4.69, 9.17) is 19.1 Å². The van der Waals surface area contributed by atoms with Crippen LogP contribution in [0.15, 0.2) is 60.7 Å². The van der Waals surface area contributed by atoms with Crippen molar-refractivity contribution in [2.45, 2.75) is 0 Å². The second-order valence-electron chi connectivity index (χ2n) is 2.87. The van der Waals surface area contributed by atoms with Gasteiger partial charge in [-0.3, -0.25) is 0 Å². The van der Waals surface area contributed by atoms with Gasteiger partial charge in [-0.2, -0.15) is 0 Å². The van der Waals surface area contributed by atoms with Crippen LogP contribution in [0.1, 0.15) is 0 Å². The number of rotatable bonds is 0. The maximum atomic E-state index is 4.81. The van der Waals surface area contributed by atoms with Crippen molar-refractivity contribution in [3.8, 4) is 0 Å². The molecule has 0 bridgehead atoms. The van der Waals surface area contributed by atoms with Crippen LogP contribution >= 0.6 is 37.5 Å². The Hall–Kier alpha value is 0.542. The molecule has 0 fully saturated rings. The number of hydrogen-bond donors (Lipinski definition) is 0. The Morgan fingerprint density at radius 1 is 0.647 bits per heavy atom. The molecule has 2 aromatic carbocycles. The van der Waals surface area contributed by atoms with Gasteiger partial charge in [0.05, 0.1) is 0 Å². The Morgan fingerprint density at radius 2 is 0.882 bits per heavy atom. The minimum absolute atomic E-state index is 0.106. The van der Waals surface area contributed by atoms with Crippen LogP contribution < -0.4 is 10.6 Å². The molecule has 2 unspecified atom stereocenters. The quantitative estimate of drug-likeness (QED) is 0.469. The summed E-state index contributed by atoms with van der Waals surface area (Å²) in [5.74, 6) is 0. The zero-order valence-corrected chi connectivity index (χ0v) is 14.4. The molecule has 96 valence electrons.